The third-order valence-electron chi connectivity index (χ3n) is 5.23. The van der Waals surface area contributed by atoms with Crippen LogP contribution in [0, 0.1) is 11.8 Å². The number of fused-ring (bicyclic) bond motifs is 1. The highest BCUT2D eigenvalue weighted by molar-refractivity contribution is 5.75. The SMILES string of the molecule is CC(C)CN1CCC(C(CN)c2nc3ccccc3n2C)CC1. The number of hydrogen-bond acceptors (Lipinski definition) is 3. The van der Waals surface area contributed by atoms with Crippen LogP contribution in [0.15, 0.2) is 24.3 Å². The molecule has 2 N–H and O–H groups in total. The van der Waals surface area contributed by atoms with Crippen LogP contribution in [0.2, 0.25) is 0 Å². The van der Waals surface area contributed by atoms with Crippen molar-refractivity contribution in [1.82, 2.24) is 14.5 Å². The van der Waals surface area contributed by atoms with Gasteiger partial charge in [0.05, 0.1) is 11.0 Å². The molecule has 1 aromatic heterocycles. The van der Waals surface area contributed by atoms with E-state index in [-0.39, 0.29) is 0 Å². The Morgan fingerprint density at radius 2 is 1.91 bits per heavy atom. The van der Waals surface area contributed by atoms with Crippen LogP contribution in [-0.4, -0.2) is 40.6 Å². The van der Waals surface area contributed by atoms with Gasteiger partial charge in [-0.15, -0.1) is 0 Å². The lowest BCUT2D eigenvalue weighted by Crippen LogP contribution is -2.39. The molecule has 0 saturated carbocycles. The fraction of sp³-hybridized carbons (Fsp3) is 0.632. The van der Waals surface area contributed by atoms with Crippen LogP contribution >= 0.6 is 0 Å². The minimum atomic E-state index is 0.369. The number of rotatable bonds is 5. The van der Waals surface area contributed by atoms with Gasteiger partial charge in [-0.05, 0) is 49.9 Å². The number of benzene rings is 1. The Morgan fingerprint density at radius 3 is 2.52 bits per heavy atom. The molecule has 0 spiro atoms. The van der Waals surface area contributed by atoms with Crippen LogP contribution < -0.4 is 5.73 Å². The maximum Gasteiger partial charge on any atom is 0.114 e. The molecule has 3 rings (SSSR count). The van der Waals surface area contributed by atoms with Gasteiger partial charge in [-0.2, -0.15) is 0 Å². The van der Waals surface area contributed by atoms with E-state index in [1.807, 2.05) is 0 Å². The number of hydrogen-bond donors (Lipinski definition) is 1. The fourth-order valence-electron chi connectivity index (χ4n) is 4.06. The maximum absolute atomic E-state index is 6.17. The molecule has 2 aromatic rings. The molecule has 0 bridgehead atoms. The van der Waals surface area contributed by atoms with E-state index in [4.69, 9.17) is 10.7 Å². The first kappa shape index (κ1) is 16.5. The van der Waals surface area contributed by atoms with Gasteiger partial charge in [-0.25, -0.2) is 4.98 Å². The smallest absolute Gasteiger partial charge is 0.114 e. The summed E-state index contributed by atoms with van der Waals surface area (Å²) in [4.78, 5) is 7.50. The standard InChI is InChI=1S/C19H30N4/c1-14(2)13-23-10-8-15(9-11-23)16(12-20)19-21-17-6-4-5-7-18(17)22(19)3/h4-7,14-16H,8-13,20H2,1-3H3. The number of aryl methyl sites for hydroxylation is 1. The van der Waals surface area contributed by atoms with Crippen LogP contribution in [0.1, 0.15) is 38.4 Å². The normalized spacial score (nSPS) is 18.8. The lowest BCUT2D eigenvalue weighted by atomic mass is 9.83. The molecular formula is C19H30N4. The molecule has 126 valence electrons. The summed E-state index contributed by atoms with van der Waals surface area (Å²) in [6.45, 7) is 8.90. The van der Waals surface area contributed by atoms with Gasteiger partial charge < -0.3 is 15.2 Å². The van der Waals surface area contributed by atoms with E-state index in [2.05, 4.69) is 54.6 Å². The maximum atomic E-state index is 6.17. The monoisotopic (exact) mass is 314 g/mol. The third kappa shape index (κ3) is 3.43. The van der Waals surface area contributed by atoms with Crippen molar-refractivity contribution in [3.8, 4) is 0 Å². The minimum Gasteiger partial charge on any atom is -0.331 e. The molecule has 0 radical (unpaired) electrons. The Kier molecular flexibility index (Phi) is 5.02. The zero-order valence-corrected chi connectivity index (χ0v) is 14.7. The summed E-state index contributed by atoms with van der Waals surface area (Å²) in [5.74, 6) is 2.93. The van der Waals surface area contributed by atoms with Gasteiger partial charge >= 0.3 is 0 Å². The van der Waals surface area contributed by atoms with Crippen molar-refractivity contribution in [2.75, 3.05) is 26.2 Å². The number of nitrogens with zero attached hydrogens (tertiary/aromatic N) is 3. The van der Waals surface area contributed by atoms with E-state index in [9.17, 15) is 0 Å². The van der Waals surface area contributed by atoms with Gasteiger partial charge in [0.25, 0.3) is 0 Å². The van der Waals surface area contributed by atoms with E-state index in [1.165, 1.54) is 38.0 Å². The third-order valence-corrected chi connectivity index (χ3v) is 5.23. The highest BCUT2D eigenvalue weighted by Crippen LogP contribution is 2.33. The quantitative estimate of drug-likeness (QED) is 0.923. The molecule has 0 amide bonds. The molecule has 23 heavy (non-hydrogen) atoms. The number of para-hydroxylation sites is 2. The zero-order chi connectivity index (χ0) is 16.4. The number of aromatic nitrogens is 2. The Bertz CT molecular complexity index is 638. The molecule has 1 aliphatic heterocycles. The Hall–Kier alpha value is -1.39. The predicted octanol–water partition coefficient (Wildman–Crippen LogP) is 2.98. The summed E-state index contributed by atoms with van der Waals surface area (Å²) in [5.41, 5.74) is 8.47. The van der Waals surface area contributed by atoms with Crippen molar-refractivity contribution in [3.05, 3.63) is 30.1 Å². The van der Waals surface area contributed by atoms with Crippen LogP contribution in [0.25, 0.3) is 11.0 Å². The lowest BCUT2D eigenvalue weighted by molar-refractivity contribution is 0.153. The van der Waals surface area contributed by atoms with Gasteiger partial charge in [0, 0.05) is 26.1 Å². The fourth-order valence-corrected chi connectivity index (χ4v) is 4.06. The zero-order valence-electron chi connectivity index (χ0n) is 14.7. The Balaban J connectivity index is 1.76. The van der Waals surface area contributed by atoms with Gasteiger partial charge in [0.1, 0.15) is 5.82 Å². The molecule has 1 unspecified atom stereocenters. The minimum absolute atomic E-state index is 0.369. The van der Waals surface area contributed by atoms with Crippen LogP contribution in [0.5, 0.6) is 0 Å². The topological polar surface area (TPSA) is 47.1 Å². The van der Waals surface area contributed by atoms with Crippen molar-refractivity contribution in [2.24, 2.45) is 24.6 Å². The van der Waals surface area contributed by atoms with Gasteiger partial charge in [0.15, 0.2) is 0 Å². The molecular weight excluding hydrogens is 284 g/mol. The summed E-state index contributed by atoms with van der Waals surface area (Å²) < 4.78 is 2.24. The highest BCUT2D eigenvalue weighted by Gasteiger charge is 2.29. The van der Waals surface area contributed by atoms with Gasteiger partial charge in [-0.3, -0.25) is 0 Å². The number of nitrogens with two attached hydrogens (primary N) is 1. The Morgan fingerprint density at radius 1 is 1.22 bits per heavy atom. The summed E-state index contributed by atoms with van der Waals surface area (Å²) >= 11 is 0. The van der Waals surface area contributed by atoms with Crippen LogP contribution in [0.4, 0.5) is 0 Å². The summed E-state index contributed by atoms with van der Waals surface area (Å²) in [5, 5.41) is 0. The number of piperidine rings is 1. The lowest BCUT2D eigenvalue weighted by Gasteiger charge is -2.36. The second-order valence-electron chi connectivity index (χ2n) is 7.39. The van der Waals surface area contributed by atoms with Crippen molar-refractivity contribution < 1.29 is 0 Å². The van der Waals surface area contributed by atoms with Crippen LogP contribution in [-0.2, 0) is 7.05 Å². The molecule has 1 saturated heterocycles. The van der Waals surface area contributed by atoms with Crippen molar-refractivity contribution in [3.63, 3.8) is 0 Å². The largest absolute Gasteiger partial charge is 0.331 e. The molecule has 1 aliphatic rings. The summed E-state index contributed by atoms with van der Waals surface area (Å²) in [6, 6.07) is 8.37. The first-order valence-corrected chi connectivity index (χ1v) is 8.94. The molecule has 2 heterocycles. The second kappa shape index (κ2) is 7.02. The van der Waals surface area contributed by atoms with Gasteiger partial charge in [0.2, 0.25) is 0 Å². The summed E-state index contributed by atoms with van der Waals surface area (Å²) in [6.07, 6.45) is 2.47. The van der Waals surface area contributed by atoms with Crippen molar-refractivity contribution in [1.29, 1.82) is 0 Å². The van der Waals surface area contributed by atoms with Crippen LogP contribution in [0.3, 0.4) is 0 Å². The molecule has 0 aliphatic carbocycles. The predicted molar refractivity (Wildman–Crippen MR) is 96.5 cm³/mol. The molecule has 1 atom stereocenters. The molecule has 1 fully saturated rings. The van der Waals surface area contributed by atoms with Crippen molar-refractivity contribution >= 4 is 11.0 Å². The van der Waals surface area contributed by atoms with E-state index < -0.39 is 0 Å². The first-order valence-electron chi connectivity index (χ1n) is 8.94. The Labute approximate surface area is 139 Å². The van der Waals surface area contributed by atoms with E-state index in [0.29, 0.717) is 18.4 Å². The highest BCUT2D eigenvalue weighted by atomic mass is 15.1. The van der Waals surface area contributed by atoms with Gasteiger partial charge in [-0.1, -0.05) is 26.0 Å². The van der Waals surface area contributed by atoms with E-state index >= 15 is 0 Å². The average molecular weight is 314 g/mol. The van der Waals surface area contributed by atoms with Crippen molar-refractivity contribution in [2.45, 2.75) is 32.6 Å². The van der Waals surface area contributed by atoms with E-state index in [1.54, 1.807) is 0 Å². The number of likely N-dealkylation sites (tertiary alicyclic amines) is 1. The first-order chi connectivity index (χ1) is 11.1. The van der Waals surface area contributed by atoms with E-state index in [0.717, 1.165) is 17.3 Å². The average Bonchev–Trinajstić information content (AvgIpc) is 2.87. The number of imidazole rings is 1. The second-order valence-corrected chi connectivity index (χ2v) is 7.39. The molecule has 1 aromatic carbocycles. The molecule has 4 heteroatoms. The molecule has 4 nitrogen and oxygen atoms in total. The summed E-state index contributed by atoms with van der Waals surface area (Å²) in [7, 11) is 2.13.